The number of likely N-dealkylation sites (tertiary alicyclic amines) is 1. The van der Waals surface area contributed by atoms with E-state index in [-0.39, 0.29) is 17.2 Å². The minimum atomic E-state index is -4.19. The standard InChI is InChI=1S/C17H24N6O9/c1-8-10(22(4)12(20-3)9-5-6-21-11(9)19-2)16(29,30)23(13(24)14(25,26)7-18)17(31,32)15(8,27)28/h5-6,8,10,21,25-32H,2H2,1,3-4H3. The summed E-state index contributed by atoms with van der Waals surface area (Å²) in [4.78, 5) is 23.1. The van der Waals surface area contributed by atoms with Crippen LogP contribution in [0.2, 0.25) is 0 Å². The Morgan fingerprint density at radius 3 is 2.34 bits per heavy atom. The Morgan fingerprint density at radius 2 is 1.88 bits per heavy atom. The number of aromatic nitrogens is 1. The first-order valence-corrected chi connectivity index (χ1v) is 8.93. The molecule has 1 aromatic rings. The molecule has 2 rings (SSSR count). The van der Waals surface area contributed by atoms with E-state index in [1.54, 1.807) is 0 Å². The molecular weight excluding hydrogens is 432 g/mol. The number of H-pyrrole nitrogens is 1. The highest BCUT2D eigenvalue weighted by atomic mass is 16.6. The van der Waals surface area contributed by atoms with Crippen LogP contribution in [-0.2, 0) is 4.79 Å². The van der Waals surface area contributed by atoms with Gasteiger partial charge in [-0.3, -0.25) is 9.79 Å². The molecule has 2 atom stereocenters. The lowest BCUT2D eigenvalue weighted by Gasteiger charge is -2.59. The molecule has 0 bridgehead atoms. The molecule has 0 aliphatic carbocycles. The van der Waals surface area contributed by atoms with E-state index in [1.807, 2.05) is 0 Å². The molecule has 1 aliphatic rings. The van der Waals surface area contributed by atoms with Crippen molar-refractivity contribution < 1.29 is 45.6 Å². The van der Waals surface area contributed by atoms with E-state index in [0.717, 1.165) is 17.9 Å². The van der Waals surface area contributed by atoms with Crippen LogP contribution in [0.25, 0.3) is 0 Å². The first kappa shape index (κ1) is 25.3. The lowest BCUT2D eigenvalue weighted by atomic mass is 9.80. The van der Waals surface area contributed by atoms with E-state index in [0.29, 0.717) is 0 Å². The number of rotatable bonds is 4. The number of carbonyl (C=O) groups is 1. The summed E-state index contributed by atoms with van der Waals surface area (Å²) < 4.78 is 0. The molecule has 1 aromatic heterocycles. The lowest BCUT2D eigenvalue weighted by molar-refractivity contribution is -0.503. The Labute approximate surface area is 181 Å². The number of amidine groups is 1. The predicted molar refractivity (Wildman–Crippen MR) is 104 cm³/mol. The van der Waals surface area contributed by atoms with Gasteiger partial charge in [0.1, 0.15) is 23.8 Å². The molecule has 15 nitrogen and oxygen atoms in total. The molecule has 1 aliphatic heterocycles. The van der Waals surface area contributed by atoms with Gasteiger partial charge in [-0.25, -0.2) is 9.89 Å². The molecule has 176 valence electrons. The highest BCUT2D eigenvalue weighted by molar-refractivity contribution is 6.02. The first-order chi connectivity index (χ1) is 14.5. The van der Waals surface area contributed by atoms with Gasteiger partial charge in [0.25, 0.3) is 5.91 Å². The predicted octanol–water partition coefficient (Wildman–Crippen LogP) is -4.34. The number of likely N-dealkylation sites (N-methyl/N-ethyl adjacent to an activating group) is 1. The van der Waals surface area contributed by atoms with Gasteiger partial charge in [-0.2, -0.15) is 5.26 Å². The van der Waals surface area contributed by atoms with Crippen LogP contribution in [-0.4, -0.2) is 118 Å². The smallest absolute Gasteiger partial charge is 0.336 e. The van der Waals surface area contributed by atoms with Gasteiger partial charge < -0.3 is 50.7 Å². The van der Waals surface area contributed by atoms with Crippen molar-refractivity contribution in [3.05, 3.63) is 17.8 Å². The van der Waals surface area contributed by atoms with Crippen LogP contribution in [0, 0.1) is 17.2 Å². The van der Waals surface area contributed by atoms with Crippen LogP contribution in [0.3, 0.4) is 0 Å². The highest BCUT2D eigenvalue weighted by Crippen LogP contribution is 2.45. The molecule has 1 saturated heterocycles. The fourth-order valence-corrected chi connectivity index (χ4v) is 3.75. The van der Waals surface area contributed by atoms with Crippen molar-refractivity contribution in [1.82, 2.24) is 14.8 Å². The number of amides is 1. The summed E-state index contributed by atoms with van der Waals surface area (Å²) in [7, 11) is 2.49. The minimum Gasteiger partial charge on any atom is -0.360 e. The summed E-state index contributed by atoms with van der Waals surface area (Å²) in [6.45, 7) is 4.35. The van der Waals surface area contributed by atoms with Gasteiger partial charge in [0.15, 0.2) is 0 Å². The number of nitrogens with zero attached hydrogens (tertiary/aromatic N) is 5. The summed E-state index contributed by atoms with van der Waals surface area (Å²) >= 11 is 0. The second-order valence-corrected chi connectivity index (χ2v) is 7.26. The zero-order valence-corrected chi connectivity index (χ0v) is 17.2. The van der Waals surface area contributed by atoms with E-state index in [1.165, 1.54) is 26.4 Å². The van der Waals surface area contributed by atoms with Gasteiger partial charge in [0.2, 0.25) is 5.79 Å². The number of nitriles is 1. The largest absolute Gasteiger partial charge is 0.360 e. The number of aliphatic imine (C=N–C) groups is 2. The molecule has 1 amide bonds. The number of piperidine rings is 1. The van der Waals surface area contributed by atoms with Gasteiger partial charge in [0.05, 0.1) is 5.56 Å². The van der Waals surface area contributed by atoms with Gasteiger partial charge in [-0.05, 0) is 12.8 Å². The van der Waals surface area contributed by atoms with Crippen molar-refractivity contribution in [3.8, 4) is 6.07 Å². The summed E-state index contributed by atoms with van der Waals surface area (Å²) in [5.41, 5.74) is 0.257. The second-order valence-electron chi connectivity index (χ2n) is 7.26. The number of nitrogens with one attached hydrogen (secondary N) is 1. The van der Waals surface area contributed by atoms with Gasteiger partial charge in [-0.1, -0.05) is 6.92 Å². The zero-order chi connectivity index (χ0) is 24.9. The Kier molecular flexibility index (Phi) is 6.24. The zero-order valence-electron chi connectivity index (χ0n) is 17.2. The molecule has 0 aromatic carbocycles. The maximum absolute atomic E-state index is 12.5. The topological polar surface area (TPSA) is 250 Å². The van der Waals surface area contributed by atoms with Crippen molar-refractivity contribution in [2.75, 3.05) is 14.1 Å². The molecule has 0 radical (unpaired) electrons. The van der Waals surface area contributed by atoms with Gasteiger partial charge in [0, 0.05) is 26.2 Å². The Bertz CT molecular complexity index is 977. The average molecular weight is 456 g/mol. The van der Waals surface area contributed by atoms with E-state index in [2.05, 4.69) is 21.7 Å². The van der Waals surface area contributed by atoms with E-state index >= 15 is 0 Å². The molecule has 15 heteroatoms. The number of hydrogen-bond acceptors (Lipinski definition) is 12. The minimum absolute atomic E-state index is 0.0518. The number of aromatic amines is 1. The number of carbonyl (C=O) groups excluding carboxylic acids is 1. The van der Waals surface area contributed by atoms with E-state index < -0.39 is 46.2 Å². The molecule has 2 heterocycles. The summed E-state index contributed by atoms with van der Waals surface area (Å²) in [6.07, 6.45) is 1.46. The van der Waals surface area contributed by atoms with Gasteiger partial charge >= 0.3 is 17.6 Å². The number of aliphatic hydroxyl groups is 8. The second kappa shape index (κ2) is 7.88. The van der Waals surface area contributed by atoms with Crippen molar-refractivity contribution >= 4 is 24.3 Å². The average Bonchev–Trinajstić information content (AvgIpc) is 3.15. The third-order valence-corrected chi connectivity index (χ3v) is 5.38. The molecule has 32 heavy (non-hydrogen) atoms. The van der Waals surface area contributed by atoms with Crippen LogP contribution in [0.15, 0.2) is 22.2 Å². The van der Waals surface area contributed by atoms with Crippen molar-refractivity contribution in [2.45, 2.75) is 36.4 Å². The Balaban J connectivity index is 2.73. The molecule has 1 fully saturated rings. The third kappa shape index (κ3) is 3.44. The van der Waals surface area contributed by atoms with Crippen LogP contribution < -0.4 is 0 Å². The van der Waals surface area contributed by atoms with Gasteiger partial charge in [-0.15, -0.1) is 0 Å². The molecule has 2 unspecified atom stereocenters. The van der Waals surface area contributed by atoms with Crippen LogP contribution in [0.5, 0.6) is 0 Å². The Hall–Kier alpha value is -2.94. The fourth-order valence-electron chi connectivity index (χ4n) is 3.75. The lowest BCUT2D eigenvalue weighted by Crippen LogP contribution is -2.86. The first-order valence-electron chi connectivity index (χ1n) is 8.93. The monoisotopic (exact) mass is 456 g/mol. The normalized spacial score (nSPS) is 24.6. The number of hydrogen-bond donors (Lipinski definition) is 9. The van der Waals surface area contributed by atoms with Crippen LogP contribution >= 0.6 is 0 Å². The third-order valence-electron chi connectivity index (χ3n) is 5.38. The molecule has 0 spiro atoms. The van der Waals surface area contributed by atoms with Crippen LogP contribution in [0.4, 0.5) is 5.82 Å². The molecule has 0 saturated carbocycles. The summed E-state index contributed by atoms with van der Waals surface area (Å²) in [6, 6.07) is 0.192. The maximum atomic E-state index is 12.5. The van der Waals surface area contributed by atoms with E-state index in [9.17, 15) is 45.6 Å². The Morgan fingerprint density at radius 1 is 1.31 bits per heavy atom. The molecular formula is C17H24N6O9. The highest BCUT2D eigenvalue weighted by Gasteiger charge is 2.74. The summed E-state index contributed by atoms with van der Waals surface area (Å²) in [5, 5.41) is 91.2. The SMILES string of the molecule is C=Nc1[nH]ccc1C(=NC)N(C)C1C(C)C(O)(O)C(O)(O)N(C(=O)C(O)(O)C#N)C1(O)O. The maximum Gasteiger partial charge on any atom is 0.336 e. The fraction of sp³-hybridized carbons (Fsp3) is 0.529. The van der Waals surface area contributed by atoms with Crippen molar-refractivity contribution in [3.63, 3.8) is 0 Å². The van der Waals surface area contributed by atoms with E-state index in [4.69, 9.17) is 5.26 Å². The van der Waals surface area contributed by atoms with Crippen molar-refractivity contribution in [1.29, 1.82) is 5.26 Å². The van der Waals surface area contributed by atoms with Crippen LogP contribution in [0.1, 0.15) is 12.5 Å². The molecule has 9 N–H and O–H groups in total. The quantitative estimate of drug-likeness (QED) is 0.0906. The summed E-state index contributed by atoms with van der Waals surface area (Å²) in [5.74, 6) is -19.7. The van der Waals surface area contributed by atoms with Crippen molar-refractivity contribution in [2.24, 2.45) is 15.9 Å².